The molecule has 5 heteroatoms. The maximum absolute atomic E-state index is 12.0. The van der Waals surface area contributed by atoms with Crippen LogP contribution < -0.4 is 4.90 Å². The minimum atomic E-state index is -0.437. The molecule has 170 valence electrons. The van der Waals surface area contributed by atoms with E-state index in [2.05, 4.69) is 73.5 Å². The van der Waals surface area contributed by atoms with E-state index in [-0.39, 0.29) is 17.7 Å². The molecule has 3 aromatic carbocycles. The molecule has 0 amide bonds. The summed E-state index contributed by atoms with van der Waals surface area (Å²) in [5.41, 5.74) is 2.31. The van der Waals surface area contributed by atoms with Crippen molar-refractivity contribution in [2.24, 2.45) is 0 Å². The van der Waals surface area contributed by atoms with Crippen molar-refractivity contribution in [3.8, 4) is 0 Å². The molecule has 0 spiro atoms. The second-order valence-electron chi connectivity index (χ2n) is 8.23. The SMILES string of the molecule is CCOC(=O)c1ccc(CC(c2ccc(Cl)cc2)C(C)N(C)c2ccc3ccccc3c2)o1. The number of fused-ring (bicyclic) bond motifs is 1. The van der Waals surface area contributed by atoms with Gasteiger partial charge in [0.25, 0.3) is 0 Å². The first-order chi connectivity index (χ1) is 16.0. The Morgan fingerprint density at radius 2 is 1.73 bits per heavy atom. The lowest BCUT2D eigenvalue weighted by atomic mass is 9.87. The van der Waals surface area contributed by atoms with Crippen molar-refractivity contribution in [2.45, 2.75) is 32.2 Å². The van der Waals surface area contributed by atoms with E-state index in [0.717, 1.165) is 17.0 Å². The van der Waals surface area contributed by atoms with E-state index in [1.54, 1.807) is 13.0 Å². The van der Waals surface area contributed by atoms with Crippen molar-refractivity contribution < 1.29 is 13.9 Å². The molecule has 0 aliphatic heterocycles. The van der Waals surface area contributed by atoms with Gasteiger partial charge in [-0.05, 0) is 66.6 Å². The number of furan rings is 1. The third-order valence-corrected chi connectivity index (χ3v) is 6.44. The molecule has 0 N–H and O–H groups in total. The highest BCUT2D eigenvalue weighted by molar-refractivity contribution is 6.30. The van der Waals surface area contributed by atoms with Crippen LogP contribution in [0.3, 0.4) is 0 Å². The molecule has 0 fully saturated rings. The van der Waals surface area contributed by atoms with E-state index in [0.29, 0.717) is 18.1 Å². The average Bonchev–Trinajstić information content (AvgIpc) is 3.31. The fraction of sp³-hybridized carbons (Fsp3) is 0.250. The number of nitrogens with zero attached hydrogens (tertiary/aromatic N) is 1. The molecule has 0 bridgehead atoms. The molecule has 1 heterocycles. The van der Waals surface area contributed by atoms with Gasteiger partial charge in [0, 0.05) is 36.1 Å². The molecule has 0 aliphatic rings. The lowest BCUT2D eigenvalue weighted by Gasteiger charge is -2.34. The molecule has 2 unspecified atom stereocenters. The number of hydrogen-bond acceptors (Lipinski definition) is 4. The van der Waals surface area contributed by atoms with Gasteiger partial charge in [-0.25, -0.2) is 4.79 Å². The number of likely N-dealkylation sites (N-methyl/N-ethyl adjacent to an activating group) is 1. The first kappa shape index (κ1) is 22.9. The zero-order valence-electron chi connectivity index (χ0n) is 19.1. The van der Waals surface area contributed by atoms with E-state index >= 15 is 0 Å². The third-order valence-electron chi connectivity index (χ3n) is 6.19. The normalized spacial score (nSPS) is 13.0. The number of esters is 1. The van der Waals surface area contributed by atoms with Gasteiger partial charge < -0.3 is 14.1 Å². The summed E-state index contributed by atoms with van der Waals surface area (Å²) in [4.78, 5) is 14.3. The van der Waals surface area contributed by atoms with Crippen LogP contribution in [0.15, 0.2) is 83.3 Å². The molecule has 4 aromatic rings. The average molecular weight is 462 g/mol. The Morgan fingerprint density at radius 3 is 2.45 bits per heavy atom. The quantitative estimate of drug-likeness (QED) is 0.262. The summed E-state index contributed by atoms with van der Waals surface area (Å²) in [6, 6.07) is 26.5. The monoisotopic (exact) mass is 461 g/mol. The van der Waals surface area contributed by atoms with Gasteiger partial charge in [0.05, 0.1) is 6.61 Å². The second kappa shape index (κ2) is 10.1. The lowest BCUT2D eigenvalue weighted by molar-refractivity contribution is 0.0488. The van der Waals surface area contributed by atoms with Crippen LogP contribution in [0.5, 0.6) is 0 Å². The van der Waals surface area contributed by atoms with Crippen molar-refractivity contribution in [3.05, 3.63) is 101 Å². The van der Waals surface area contributed by atoms with Crippen molar-refractivity contribution in [2.75, 3.05) is 18.6 Å². The Bertz CT molecular complexity index is 1230. The molecule has 2 atom stereocenters. The maximum atomic E-state index is 12.0. The number of carbonyl (C=O) groups excluding carboxylic acids is 1. The number of carbonyl (C=O) groups is 1. The summed E-state index contributed by atoms with van der Waals surface area (Å²) < 4.78 is 10.9. The maximum Gasteiger partial charge on any atom is 0.374 e. The number of anilines is 1. The van der Waals surface area contributed by atoms with Crippen molar-refractivity contribution in [1.29, 1.82) is 0 Å². The molecule has 4 nitrogen and oxygen atoms in total. The van der Waals surface area contributed by atoms with Gasteiger partial charge >= 0.3 is 5.97 Å². The fourth-order valence-electron chi connectivity index (χ4n) is 4.19. The van der Waals surface area contributed by atoms with Crippen molar-refractivity contribution in [3.63, 3.8) is 0 Å². The van der Waals surface area contributed by atoms with Crippen LogP contribution in [0.2, 0.25) is 5.02 Å². The number of ether oxygens (including phenoxy) is 1. The second-order valence-corrected chi connectivity index (χ2v) is 8.67. The summed E-state index contributed by atoms with van der Waals surface area (Å²) in [6.45, 7) is 4.31. The Labute approximate surface area is 199 Å². The molecule has 0 saturated carbocycles. The molecule has 0 aliphatic carbocycles. The Kier molecular flexibility index (Phi) is 7.05. The van der Waals surface area contributed by atoms with Crippen LogP contribution in [0.4, 0.5) is 5.69 Å². The van der Waals surface area contributed by atoms with Gasteiger partial charge in [-0.1, -0.05) is 54.1 Å². The molecular formula is C28H28ClNO3. The highest BCUT2D eigenvalue weighted by Gasteiger charge is 2.26. The number of hydrogen-bond donors (Lipinski definition) is 0. The Hall–Kier alpha value is -3.24. The summed E-state index contributed by atoms with van der Waals surface area (Å²) in [5, 5.41) is 3.14. The molecule has 4 rings (SSSR count). The largest absolute Gasteiger partial charge is 0.460 e. The van der Waals surface area contributed by atoms with Crippen LogP contribution in [0.1, 0.15) is 41.6 Å². The van der Waals surface area contributed by atoms with Crippen molar-refractivity contribution >= 4 is 34.0 Å². The fourth-order valence-corrected chi connectivity index (χ4v) is 4.32. The van der Waals surface area contributed by atoms with Gasteiger partial charge in [-0.15, -0.1) is 0 Å². The van der Waals surface area contributed by atoms with Crippen molar-refractivity contribution in [1.82, 2.24) is 0 Å². The number of rotatable bonds is 8. The molecule has 0 radical (unpaired) electrons. The molecule has 1 aromatic heterocycles. The Balaban J connectivity index is 1.63. The first-order valence-corrected chi connectivity index (χ1v) is 11.6. The summed E-state index contributed by atoms with van der Waals surface area (Å²) in [7, 11) is 2.11. The van der Waals surface area contributed by atoms with E-state index in [1.807, 2.05) is 18.2 Å². The highest BCUT2D eigenvalue weighted by atomic mass is 35.5. The number of benzene rings is 3. The van der Waals surface area contributed by atoms with Gasteiger partial charge in [-0.3, -0.25) is 0 Å². The topological polar surface area (TPSA) is 42.7 Å². The molecule has 33 heavy (non-hydrogen) atoms. The third kappa shape index (κ3) is 5.23. The smallest absolute Gasteiger partial charge is 0.374 e. The highest BCUT2D eigenvalue weighted by Crippen LogP contribution is 2.32. The minimum absolute atomic E-state index is 0.111. The van der Waals surface area contributed by atoms with Gasteiger partial charge in [0.1, 0.15) is 5.76 Å². The van der Waals surface area contributed by atoms with Crippen LogP contribution >= 0.6 is 11.6 Å². The van der Waals surface area contributed by atoms with E-state index in [9.17, 15) is 4.79 Å². The zero-order valence-corrected chi connectivity index (χ0v) is 19.9. The van der Waals surface area contributed by atoms with Gasteiger partial charge in [0.2, 0.25) is 5.76 Å². The predicted molar refractivity (Wildman–Crippen MR) is 134 cm³/mol. The summed E-state index contributed by atoms with van der Waals surface area (Å²) in [6.07, 6.45) is 0.639. The van der Waals surface area contributed by atoms with Gasteiger partial charge in [-0.2, -0.15) is 0 Å². The predicted octanol–water partition coefficient (Wildman–Crippen LogP) is 7.11. The first-order valence-electron chi connectivity index (χ1n) is 11.2. The van der Waals surface area contributed by atoms with Crippen LogP contribution in [0, 0.1) is 0 Å². The zero-order chi connectivity index (χ0) is 23.4. The van der Waals surface area contributed by atoms with Crippen LogP contribution in [-0.2, 0) is 11.2 Å². The van der Waals surface area contributed by atoms with E-state index in [1.165, 1.54) is 10.8 Å². The van der Waals surface area contributed by atoms with Crippen LogP contribution in [0.25, 0.3) is 10.8 Å². The van der Waals surface area contributed by atoms with Crippen LogP contribution in [-0.4, -0.2) is 25.7 Å². The van der Waals surface area contributed by atoms with E-state index < -0.39 is 5.97 Å². The number of halogens is 1. The standard InChI is InChI=1S/C28H28ClNO3/c1-4-32-28(31)27-16-15-25(33-27)18-26(21-9-12-23(29)13-10-21)19(2)30(3)24-14-11-20-7-5-6-8-22(20)17-24/h5-17,19,26H,4,18H2,1-3H3. The summed E-state index contributed by atoms with van der Waals surface area (Å²) >= 11 is 6.16. The lowest BCUT2D eigenvalue weighted by Crippen LogP contribution is -2.35. The minimum Gasteiger partial charge on any atom is -0.460 e. The molecular weight excluding hydrogens is 434 g/mol. The van der Waals surface area contributed by atoms with E-state index in [4.69, 9.17) is 20.8 Å². The van der Waals surface area contributed by atoms with Gasteiger partial charge in [0.15, 0.2) is 0 Å². The summed E-state index contributed by atoms with van der Waals surface area (Å²) in [5.74, 6) is 0.655. The Morgan fingerprint density at radius 1 is 1.00 bits per heavy atom. The molecule has 0 saturated heterocycles.